The molecule has 0 radical (unpaired) electrons. The second-order valence-electron chi connectivity index (χ2n) is 4.73. The number of carbonyl (C=O) groups excluding carboxylic acids is 1. The third-order valence-corrected chi connectivity index (χ3v) is 3.06. The fourth-order valence-corrected chi connectivity index (χ4v) is 1.94. The first kappa shape index (κ1) is 14.5. The van der Waals surface area contributed by atoms with Crippen LogP contribution in [-0.2, 0) is 0 Å². The van der Waals surface area contributed by atoms with Gasteiger partial charge in [0.15, 0.2) is 0 Å². The Balaban J connectivity index is 2.24. The van der Waals surface area contributed by atoms with Gasteiger partial charge in [-0.3, -0.25) is 14.9 Å². The van der Waals surface area contributed by atoms with Crippen molar-refractivity contribution in [2.24, 2.45) is 0 Å². The first-order valence-electron chi connectivity index (χ1n) is 6.24. The zero-order valence-corrected chi connectivity index (χ0v) is 11.6. The van der Waals surface area contributed by atoms with Crippen LogP contribution in [0.25, 0.3) is 0 Å². The largest absolute Gasteiger partial charge is 0.506 e. The Morgan fingerprint density at radius 1 is 1.19 bits per heavy atom. The molecule has 0 aliphatic carbocycles. The fourth-order valence-electron chi connectivity index (χ4n) is 1.94. The van der Waals surface area contributed by atoms with Crippen LogP contribution in [0.4, 0.5) is 11.4 Å². The maximum Gasteiger partial charge on any atom is 0.272 e. The van der Waals surface area contributed by atoms with Gasteiger partial charge in [-0.05, 0) is 43.7 Å². The van der Waals surface area contributed by atoms with Crippen molar-refractivity contribution in [1.29, 1.82) is 0 Å². The fraction of sp³-hybridized carbons (Fsp3) is 0.133. The number of benzene rings is 2. The summed E-state index contributed by atoms with van der Waals surface area (Å²) in [5.74, 6) is -0.464. The molecule has 0 aliphatic heterocycles. The van der Waals surface area contributed by atoms with Gasteiger partial charge >= 0.3 is 0 Å². The summed E-state index contributed by atoms with van der Waals surface area (Å²) in [6.45, 7) is 3.39. The van der Waals surface area contributed by atoms with E-state index in [1.165, 1.54) is 24.3 Å². The molecule has 0 fully saturated rings. The van der Waals surface area contributed by atoms with Crippen molar-refractivity contribution in [1.82, 2.24) is 0 Å². The summed E-state index contributed by atoms with van der Waals surface area (Å²) in [5.41, 5.74) is 1.82. The Hall–Kier alpha value is -2.89. The number of phenolic OH excluding ortho intramolecular Hbond substituents is 1. The maximum atomic E-state index is 12.1. The zero-order chi connectivity index (χ0) is 15.6. The molecule has 0 saturated carbocycles. The van der Waals surface area contributed by atoms with Crippen LogP contribution in [0.15, 0.2) is 36.4 Å². The zero-order valence-electron chi connectivity index (χ0n) is 11.6. The van der Waals surface area contributed by atoms with Crippen LogP contribution in [-0.4, -0.2) is 15.9 Å². The van der Waals surface area contributed by atoms with Crippen molar-refractivity contribution in [3.05, 3.63) is 63.2 Å². The monoisotopic (exact) mass is 286 g/mol. The van der Waals surface area contributed by atoms with Crippen LogP contribution >= 0.6 is 0 Å². The summed E-state index contributed by atoms with van der Waals surface area (Å²) >= 11 is 0. The number of anilines is 1. The van der Waals surface area contributed by atoms with Gasteiger partial charge in [-0.2, -0.15) is 0 Å². The second-order valence-corrected chi connectivity index (χ2v) is 4.73. The standard InChI is InChI=1S/C15H14N2O4/c1-9-3-5-12(14(18)7-9)16-15(19)11-4-6-13(17(20)21)10(2)8-11/h3-8,18H,1-2H3,(H,16,19). The van der Waals surface area contributed by atoms with Crippen LogP contribution in [0.2, 0.25) is 0 Å². The van der Waals surface area contributed by atoms with Crippen molar-refractivity contribution >= 4 is 17.3 Å². The van der Waals surface area contributed by atoms with E-state index in [0.717, 1.165) is 5.56 Å². The van der Waals surface area contributed by atoms with Crippen molar-refractivity contribution in [2.75, 3.05) is 5.32 Å². The summed E-state index contributed by atoms with van der Waals surface area (Å²) in [5, 5.41) is 23.1. The Morgan fingerprint density at radius 2 is 1.90 bits per heavy atom. The minimum Gasteiger partial charge on any atom is -0.506 e. The number of aryl methyl sites for hydroxylation is 2. The SMILES string of the molecule is Cc1ccc(NC(=O)c2ccc([N+](=O)[O-])c(C)c2)c(O)c1. The molecule has 6 heteroatoms. The van der Waals surface area contributed by atoms with E-state index in [9.17, 15) is 20.0 Å². The molecule has 0 aliphatic rings. The van der Waals surface area contributed by atoms with Gasteiger partial charge < -0.3 is 10.4 Å². The number of rotatable bonds is 3. The number of nitro benzene ring substituents is 1. The minimum atomic E-state index is -0.497. The molecule has 0 heterocycles. The molecule has 0 aromatic heterocycles. The number of hydrogen-bond acceptors (Lipinski definition) is 4. The van der Waals surface area contributed by atoms with E-state index in [-0.39, 0.29) is 17.0 Å². The third-order valence-electron chi connectivity index (χ3n) is 3.06. The Bertz CT molecular complexity index is 726. The van der Waals surface area contributed by atoms with E-state index in [1.807, 2.05) is 6.92 Å². The molecule has 0 spiro atoms. The van der Waals surface area contributed by atoms with Crippen molar-refractivity contribution in [3.63, 3.8) is 0 Å². The summed E-state index contributed by atoms with van der Waals surface area (Å²) in [6, 6.07) is 9.01. The normalized spacial score (nSPS) is 10.2. The third kappa shape index (κ3) is 3.17. The van der Waals surface area contributed by atoms with Crippen molar-refractivity contribution in [2.45, 2.75) is 13.8 Å². The molecular weight excluding hydrogens is 272 g/mol. The lowest BCUT2D eigenvalue weighted by molar-refractivity contribution is -0.385. The number of aromatic hydroxyl groups is 1. The van der Waals surface area contributed by atoms with Gasteiger partial charge in [0.05, 0.1) is 10.6 Å². The summed E-state index contributed by atoms with van der Waals surface area (Å²) in [6.07, 6.45) is 0. The number of nitrogens with zero attached hydrogens (tertiary/aromatic N) is 1. The molecule has 0 bridgehead atoms. The molecule has 21 heavy (non-hydrogen) atoms. The predicted octanol–water partition coefficient (Wildman–Crippen LogP) is 3.17. The Kier molecular flexibility index (Phi) is 3.89. The van der Waals surface area contributed by atoms with Gasteiger partial charge in [0.2, 0.25) is 0 Å². The summed E-state index contributed by atoms with van der Waals surface area (Å²) < 4.78 is 0. The smallest absolute Gasteiger partial charge is 0.272 e. The van der Waals surface area contributed by atoms with Crippen LogP contribution < -0.4 is 5.32 Å². The Labute approximate surface area is 121 Å². The molecule has 2 aromatic carbocycles. The highest BCUT2D eigenvalue weighted by Gasteiger charge is 2.14. The molecule has 2 aromatic rings. The first-order valence-corrected chi connectivity index (χ1v) is 6.24. The minimum absolute atomic E-state index is 0.0259. The topological polar surface area (TPSA) is 92.5 Å². The molecule has 0 unspecified atom stereocenters. The lowest BCUT2D eigenvalue weighted by atomic mass is 10.1. The predicted molar refractivity (Wildman–Crippen MR) is 78.6 cm³/mol. The van der Waals surface area contributed by atoms with Crippen LogP contribution in [0.5, 0.6) is 5.75 Å². The number of phenols is 1. The van der Waals surface area contributed by atoms with Crippen LogP contribution in [0, 0.1) is 24.0 Å². The molecule has 6 nitrogen and oxygen atoms in total. The van der Waals surface area contributed by atoms with Crippen molar-refractivity contribution < 1.29 is 14.8 Å². The van der Waals surface area contributed by atoms with Crippen LogP contribution in [0.3, 0.4) is 0 Å². The van der Waals surface area contributed by atoms with Gasteiger partial charge in [-0.25, -0.2) is 0 Å². The van der Waals surface area contributed by atoms with E-state index >= 15 is 0 Å². The highest BCUT2D eigenvalue weighted by atomic mass is 16.6. The number of nitrogens with one attached hydrogen (secondary N) is 1. The average molecular weight is 286 g/mol. The summed E-state index contributed by atoms with van der Waals surface area (Å²) in [7, 11) is 0. The molecular formula is C15H14N2O4. The molecule has 108 valence electrons. The number of amides is 1. The quantitative estimate of drug-likeness (QED) is 0.515. The molecule has 0 saturated heterocycles. The molecule has 0 atom stereocenters. The van der Waals surface area contributed by atoms with Crippen LogP contribution in [0.1, 0.15) is 21.5 Å². The van der Waals surface area contributed by atoms with E-state index < -0.39 is 10.8 Å². The lowest BCUT2D eigenvalue weighted by Crippen LogP contribution is -2.12. The highest BCUT2D eigenvalue weighted by molar-refractivity contribution is 6.05. The number of nitro groups is 1. The van der Waals surface area contributed by atoms with Gasteiger partial charge in [0, 0.05) is 17.2 Å². The second kappa shape index (κ2) is 5.62. The van der Waals surface area contributed by atoms with E-state index in [0.29, 0.717) is 11.3 Å². The molecule has 1 amide bonds. The summed E-state index contributed by atoms with van der Waals surface area (Å²) in [4.78, 5) is 22.3. The maximum absolute atomic E-state index is 12.1. The molecule has 2 N–H and O–H groups in total. The van der Waals surface area contributed by atoms with Crippen molar-refractivity contribution in [3.8, 4) is 5.75 Å². The van der Waals surface area contributed by atoms with E-state index in [1.54, 1.807) is 19.1 Å². The number of hydrogen-bond donors (Lipinski definition) is 2. The Morgan fingerprint density at radius 3 is 2.48 bits per heavy atom. The average Bonchev–Trinajstić information content (AvgIpc) is 2.41. The highest BCUT2D eigenvalue weighted by Crippen LogP contribution is 2.25. The van der Waals surface area contributed by atoms with E-state index in [4.69, 9.17) is 0 Å². The molecule has 2 rings (SSSR count). The van der Waals surface area contributed by atoms with Gasteiger partial charge in [0.1, 0.15) is 5.75 Å². The van der Waals surface area contributed by atoms with Gasteiger partial charge in [-0.15, -0.1) is 0 Å². The number of carbonyl (C=O) groups is 1. The first-order chi connectivity index (χ1) is 9.88. The van der Waals surface area contributed by atoms with Gasteiger partial charge in [-0.1, -0.05) is 6.07 Å². The lowest BCUT2D eigenvalue weighted by Gasteiger charge is -2.08. The van der Waals surface area contributed by atoms with E-state index in [2.05, 4.69) is 5.32 Å². The van der Waals surface area contributed by atoms with Gasteiger partial charge in [0.25, 0.3) is 11.6 Å².